The third-order valence-corrected chi connectivity index (χ3v) is 5.22. The number of anilines is 1. The monoisotopic (exact) mass is 430 g/mol. The number of nitrogens with two attached hydrogens (primary N) is 1. The van der Waals surface area contributed by atoms with Crippen molar-refractivity contribution in [2.75, 3.05) is 26.0 Å². The fraction of sp³-hybridized carbons (Fsp3) is 0.250. The van der Waals surface area contributed by atoms with E-state index in [1.54, 1.807) is 13.3 Å². The molecule has 0 saturated heterocycles. The number of hydrogen-bond acceptors (Lipinski definition) is 6. The second kappa shape index (κ2) is 9.15. The van der Waals surface area contributed by atoms with E-state index in [0.29, 0.717) is 41.3 Å². The summed E-state index contributed by atoms with van der Waals surface area (Å²) < 4.78 is 6.49. The Hall–Kier alpha value is -3.78. The van der Waals surface area contributed by atoms with Crippen molar-refractivity contribution in [1.82, 2.24) is 20.0 Å². The van der Waals surface area contributed by atoms with Crippen LogP contribution in [-0.2, 0) is 4.74 Å². The van der Waals surface area contributed by atoms with Crippen LogP contribution >= 0.6 is 0 Å². The molecular weight excluding hydrogens is 404 g/mol. The standard InChI is InChI=1S/C24H26N6O2/c1-15(2)17-10-8-16(9-11-17)14-27-30-22(25)20(24(31)26-12-13-32-3)21-23(30)29-19-7-5-4-6-18(19)28-21/h4-11,14-15H,12-13,25H2,1-3H3,(H,26,31)/b27-14+. The first kappa shape index (κ1) is 21.5. The highest BCUT2D eigenvalue weighted by atomic mass is 16.5. The Morgan fingerprint density at radius 3 is 2.50 bits per heavy atom. The van der Waals surface area contributed by atoms with Gasteiger partial charge in [0.25, 0.3) is 5.91 Å². The van der Waals surface area contributed by atoms with E-state index in [2.05, 4.69) is 46.4 Å². The topological polar surface area (TPSA) is 107 Å². The molecule has 0 aliphatic carbocycles. The van der Waals surface area contributed by atoms with Crippen molar-refractivity contribution in [2.24, 2.45) is 5.10 Å². The summed E-state index contributed by atoms with van der Waals surface area (Å²) in [4.78, 5) is 22.3. The van der Waals surface area contributed by atoms with E-state index in [0.717, 1.165) is 5.56 Å². The Labute approximate surface area is 186 Å². The first-order chi connectivity index (χ1) is 15.5. The number of rotatable bonds is 7. The lowest BCUT2D eigenvalue weighted by atomic mass is 10.0. The zero-order chi connectivity index (χ0) is 22.7. The molecule has 4 rings (SSSR count). The Bertz CT molecular complexity index is 1290. The summed E-state index contributed by atoms with van der Waals surface area (Å²) in [6.45, 7) is 5.05. The average Bonchev–Trinajstić information content (AvgIpc) is 3.06. The van der Waals surface area contributed by atoms with Gasteiger partial charge in [0, 0.05) is 13.7 Å². The smallest absolute Gasteiger partial charge is 0.257 e. The molecule has 2 aromatic carbocycles. The SMILES string of the molecule is COCCNC(=O)c1c(N)n(/N=C/c2ccc(C(C)C)cc2)c2nc3ccccc3nc12. The number of ether oxygens (including phenoxy) is 1. The fourth-order valence-electron chi connectivity index (χ4n) is 3.43. The number of carbonyl (C=O) groups excluding carboxylic acids is 1. The van der Waals surface area contributed by atoms with E-state index in [1.165, 1.54) is 10.2 Å². The van der Waals surface area contributed by atoms with Crippen LogP contribution < -0.4 is 11.1 Å². The van der Waals surface area contributed by atoms with Crippen molar-refractivity contribution < 1.29 is 9.53 Å². The molecule has 0 unspecified atom stereocenters. The number of benzene rings is 2. The van der Waals surface area contributed by atoms with E-state index in [-0.39, 0.29) is 17.3 Å². The molecule has 0 saturated carbocycles. The molecule has 2 aromatic heterocycles. The molecule has 0 spiro atoms. The molecule has 0 fully saturated rings. The number of nitrogen functional groups attached to an aromatic ring is 1. The van der Waals surface area contributed by atoms with Crippen LogP contribution in [-0.4, -0.2) is 47.0 Å². The lowest BCUT2D eigenvalue weighted by molar-refractivity contribution is 0.0939. The number of nitrogens with zero attached hydrogens (tertiary/aromatic N) is 4. The summed E-state index contributed by atoms with van der Waals surface area (Å²) in [5.74, 6) is 0.289. The normalized spacial score (nSPS) is 11.8. The van der Waals surface area contributed by atoms with Gasteiger partial charge in [-0.1, -0.05) is 50.2 Å². The summed E-state index contributed by atoms with van der Waals surface area (Å²) in [6.07, 6.45) is 1.70. The largest absolute Gasteiger partial charge is 0.383 e. The van der Waals surface area contributed by atoms with Crippen molar-refractivity contribution in [1.29, 1.82) is 0 Å². The minimum Gasteiger partial charge on any atom is -0.383 e. The first-order valence-electron chi connectivity index (χ1n) is 10.5. The van der Waals surface area contributed by atoms with Crippen molar-refractivity contribution >= 4 is 40.1 Å². The second-order valence-electron chi connectivity index (χ2n) is 7.77. The molecule has 32 heavy (non-hydrogen) atoms. The van der Waals surface area contributed by atoms with Crippen molar-refractivity contribution in [3.63, 3.8) is 0 Å². The summed E-state index contributed by atoms with van der Waals surface area (Å²) in [6, 6.07) is 15.6. The zero-order valence-electron chi connectivity index (χ0n) is 18.4. The molecule has 8 nitrogen and oxygen atoms in total. The highest BCUT2D eigenvalue weighted by Gasteiger charge is 2.23. The molecule has 3 N–H and O–H groups in total. The number of aromatic nitrogens is 3. The highest BCUT2D eigenvalue weighted by Crippen LogP contribution is 2.27. The number of nitrogens with one attached hydrogen (secondary N) is 1. The van der Waals surface area contributed by atoms with Gasteiger partial charge in [0.2, 0.25) is 0 Å². The van der Waals surface area contributed by atoms with E-state index >= 15 is 0 Å². The van der Waals surface area contributed by atoms with Crippen LogP contribution in [0.4, 0.5) is 5.82 Å². The number of para-hydroxylation sites is 2. The van der Waals surface area contributed by atoms with Crippen molar-refractivity contribution in [2.45, 2.75) is 19.8 Å². The molecule has 4 aromatic rings. The van der Waals surface area contributed by atoms with Crippen LogP contribution in [0.1, 0.15) is 41.3 Å². The maximum absolute atomic E-state index is 12.9. The average molecular weight is 431 g/mol. The highest BCUT2D eigenvalue weighted by molar-refractivity contribution is 6.10. The molecule has 0 bridgehead atoms. The fourth-order valence-corrected chi connectivity index (χ4v) is 3.43. The van der Waals surface area contributed by atoms with Gasteiger partial charge in [-0.3, -0.25) is 4.79 Å². The van der Waals surface area contributed by atoms with Gasteiger partial charge in [-0.2, -0.15) is 9.78 Å². The van der Waals surface area contributed by atoms with E-state index in [4.69, 9.17) is 10.5 Å². The molecule has 0 radical (unpaired) electrons. The Morgan fingerprint density at radius 1 is 1.16 bits per heavy atom. The first-order valence-corrected chi connectivity index (χ1v) is 10.5. The second-order valence-corrected chi connectivity index (χ2v) is 7.77. The maximum atomic E-state index is 12.9. The number of fused-ring (bicyclic) bond motifs is 2. The summed E-state index contributed by atoms with van der Waals surface area (Å²) in [7, 11) is 1.58. The van der Waals surface area contributed by atoms with E-state index in [9.17, 15) is 4.79 Å². The number of amides is 1. The number of hydrogen-bond donors (Lipinski definition) is 2. The molecular formula is C24H26N6O2. The summed E-state index contributed by atoms with van der Waals surface area (Å²) in [5, 5.41) is 7.35. The number of methoxy groups -OCH3 is 1. The minimum absolute atomic E-state index is 0.181. The third kappa shape index (κ3) is 4.17. The van der Waals surface area contributed by atoms with Crippen LogP contribution in [0.15, 0.2) is 53.6 Å². The van der Waals surface area contributed by atoms with Gasteiger partial charge in [0.05, 0.1) is 23.9 Å². The molecule has 164 valence electrons. The Kier molecular flexibility index (Phi) is 6.13. The molecule has 8 heteroatoms. The van der Waals surface area contributed by atoms with Gasteiger partial charge < -0.3 is 15.8 Å². The van der Waals surface area contributed by atoms with Gasteiger partial charge in [-0.05, 0) is 29.2 Å². The van der Waals surface area contributed by atoms with Crippen molar-refractivity contribution in [3.8, 4) is 0 Å². The van der Waals surface area contributed by atoms with Crippen LogP contribution in [0, 0.1) is 0 Å². The Balaban J connectivity index is 1.80. The molecule has 0 aliphatic rings. The minimum atomic E-state index is -0.343. The van der Waals surface area contributed by atoms with Gasteiger partial charge in [0.15, 0.2) is 5.65 Å². The zero-order valence-corrected chi connectivity index (χ0v) is 18.4. The Morgan fingerprint density at radius 2 is 1.84 bits per heavy atom. The third-order valence-electron chi connectivity index (χ3n) is 5.22. The predicted octanol–water partition coefficient (Wildman–Crippen LogP) is 3.55. The molecule has 0 atom stereocenters. The lowest BCUT2D eigenvalue weighted by Crippen LogP contribution is -2.27. The summed E-state index contributed by atoms with van der Waals surface area (Å²) >= 11 is 0. The maximum Gasteiger partial charge on any atom is 0.257 e. The van der Waals surface area contributed by atoms with Gasteiger partial charge in [-0.25, -0.2) is 9.97 Å². The summed E-state index contributed by atoms with van der Waals surface area (Å²) in [5.41, 5.74) is 11.0. The van der Waals surface area contributed by atoms with Gasteiger partial charge in [-0.15, -0.1) is 0 Å². The number of carbonyl (C=O) groups is 1. The predicted molar refractivity (Wildman–Crippen MR) is 127 cm³/mol. The van der Waals surface area contributed by atoms with E-state index < -0.39 is 0 Å². The van der Waals surface area contributed by atoms with Crippen molar-refractivity contribution in [3.05, 3.63) is 65.2 Å². The molecule has 2 heterocycles. The van der Waals surface area contributed by atoms with Gasteiger partial charge in [0.1, 0.15) is 16.9 Å². The molecule has 0 aliphatic heterocycles. The quantitative estimate of drug-likeness (QED) is 0.344. The van der Waals surface area contributed by atoms with E-state index in [1.807, 2.05) is 36.4 Å². The van der Waals surface area contributed by atoms with Gasteiger partial charge >= 0.3 is 0 Å². The molecule has 1 amide bonds. The van der Waals surface area contributed by atoms with Crippen LogP contribution in [0.2, 0.25) is 0 Å². The van der Waals surface area contributed by atoms with Crippen LogP contribution in [0.3, 0.4) is 0 Å². The lowest BCUT2D eigenvalue weighted by Gasteiger charge is -2.05. The van der Waals surface area contributed by atoms with Crippen LogP contribution in [0.5, 0.6) is 0 Å². The van der Waals surface area contributed by atoms with Crippen LogP contribution in [0.25, 0.3) is 22.2 Å².